The molecule has 0 aliphatic heterocycles. The highest BCUT2D eigenvalue weighted by Crippen LogP contribution is 2.35. The number of rotatable bonds is 11. The molecule has 0 bridgehead atoms. The molecule has 0 saturated heterocycles. The number of aliphatic carboxylic acids is 1. The number of hydrogen-bond donors (Lipinski definition) is 1. The fourth-order valence-corrected chi connectivity index (χ4v) is 2.84. The second-order valence-electron chi connectivity index (χ2n) is 6.42. The third-order valence-electron chi connectivity index (χ3n) is 4.08. The molecule has 0 fully saturated rings. The van der Waals surface area contributed by atoms with Gasteiger partial charge in [0, 0.05) is 32.3 Å². The molecule has 0 amide bonds. The molecule has 1 aromatic rings. The third-order valence-corrected chi connectivity index (χ3v) is 4.08. The Morgan fingerprint density at radius 1 is 1.08 bits per heavy atom. The first kappa shape index (κ1) is 21.3. The Morgan fingerprint density at radius 3 is 2.16 bits per heavy atom. The average molecular weight is 360 g/mol. The van der Waals surface area contributed by atoms with E-state index >= 15 is 0 Å². The lowest BCUT2D eigenvalue weighted by atomic mass is 10.00. The molecule has 1 N–H and O–H groups in total. The van der Waals surface area contributed by atoms with E-state index in [1.54, 1.807) is 19.0 Å². The van der Waals surface area contributed by atoms with Gasteiger partial charge >= 0.3 is 12.1 Å². The summed E-state index contributed by atoms with van der Waals surface area (Å²) in [5.41, 5.74) is -0.332. The van der Waals surface area contributed by atoms with Crippen molar-refractivity contribution in [2.24, 2.45) is 0 Å². The summed E-state index contributed by atoms with van der Waals surface area (Å²) in [5, 5.41) is 8.55. The highest BCUT2D eigenvalue weighted by molar-refractivity contribution is 5.66. The van der Waals surface area contributed by atoms with E-state index in [4.69, 9.17) is 5.11 Å². The zero-order valence-electron chi connectivity index (χ0n) is 14.9. The van der Waals surface area contributed by atoms with Gasteiger partial charge in [-0.05, 0) is 25.3 Å². The van der Waals surface area contributed by atoms with Gasteiger partial charge in [-0.3, -0.25) is 4.79 Å². The van der Waals surface area contributed by atoms with E-state index in [9.17, 15) is 18.0 Å². The fourth-order valence-electron chi connectivity index (χ4n) is 2.84. The molecule has 0 aliphatic rings. The number of unbranched alkanes of at least 4 members (excludes halogenated alkanes) is 6. The van der Waals surface area contributed by atoms with E-state index in [0.29, 0.717) is 25.1 Å². The molecule has 0 unspecified atom stereocenters. The second kappa shape index (κ2) is 10.3. The van der Waals surface area contributed by atoms with Crippen LogP contribution in [0, 0.1) is 0 Å². The van der Waals surface area contributed by atoms with Crippen molar-refractivity contribution < 1.29 is 23.1 Å². The van der Waals surface area contributed by atoms with Crippen LogP contribution in [0.15, 0.2) is 12.3 Å². The number of pyridine rings is 1. The maximum atomic E-state index is 13.2. The van der Waals surface area contributed by atoms with E-state index in [2.05, 4.69) is 4.98 Å². The van der Waals surface area contributed by atoms with Crippen LogP contribution in [0.5, 0.6) is 0 Å². The molecule has 0 atom stereocenters. The zero-order valence-corrected chi connectivity index (χ0v) is 14.9. The molecule has 0 saturated carbocycles. The van der Waals surface area contributed by atoms with Gasteiger partial charge in [0.05, 0.1) is 5.56 Å². The van der Waals surface area contributed by atoms with E-state index in [0.717, 1.165) is 38.2 Å². The Balaban J connectivity index is 2.45. The van der Waals surface area contributed by atoms with Crippen molar-refractivity contribution in [1.29, 1.82) is 0 Å². The van der Waals surface area contributed by atoms with Crippen LogP contribution >= 0.6 is 0 Å². The number of carboxylic acid groups (broad SMARTS) is 1. The number of anilines is 1. The van der Waals surface area contributed by atoms with Crippen molar-refractivity contribution >= 4 is 11.8 Å². The number of aromatic nitrogens is 1. The molecule has 1 heterocycles. The lowest BCUT2D eigenvalue weighted by molar-refractivity contribution is -0.138. The van der Waals surface area contributed by atoms with Crippen molar-refractivity contribution in [3.8, 4) is 0 Å². The quantitative estimate of drug-likeness (QED) is 0.570. The zero-order chi connectivity index (χ0) is 18.9. The third kappa shape index (κ3) is 7.75. The van der Waals surface area contributed by atoms with Crippen LogP contribution in [0.25, 0.3) is 0 Å². The van der Waals surface area contributed by atoms with Gasteiger partial charge < -0.3 is 10.0 Å². The lowest BCUT2D eigenvalue weighted by Crippen LogP contribution is -2.18. The van der Waals surface area contributed by atoms with Crippen LogP contribution < -0.4 is 4.90 Å². The summed E-state index contributed by atoms with van der Waals surface area (Å²) >= 11 is 0. The van der Waals surface area contributed by atoms with Crippen LogP contribution in [0.2, 0.25) is 0 Å². The topological polar surface area (TPSA) is 53.4 Å². The Morgan fingerprint density at radius 2 is 1.64 bits per heavy atom. The van der Waals surface area contributed by atoms with Gasteiger partial charge in [0.2, 0.25) is 0 Å². The monoisotopic (exact) mass is 360 g/mol. The largest absolute Gasteiger partial charge is 0.481 e. The molecular weight excluding hydrogens is 333 g/mol. The van der Waals surface area contributed by atoms with Gasteiger partial charge in [-0.1, -0.05) is 32.1 Å². The van der Waals surface area contributed by atoms with Crippen molar-refractivity contribution in [2.45, 2.75) is 64.0 Å². The first-order valence-electron chi connectivity index (χ1n) is 8.67. The molecule has 4 nitrogen and oxygen atoms in total. The SMILES string of the molecule is CN(C)c1nccc(C(F)(F)F)c1CCCCCCCCCC(=O)O. The summed E-state index contributed by atoms with van der Waals surface area (Å²) in [6.45, 7) is 0. The van der Waals surface area contributed by atoms with Gasteiger partial charge in [0.25, 0.3) is 0 Å². The highest BCUT2D eigenvalue weighted by Gasteiger charge is 2.34. The minimum absolute atomic E-state index is 0.203. The molecule has 142 valence electrons. The van der Waals surface area contributed by atoms with Crippen LogP contribution in [-0.4, -0.2) is 30.2 Å². The summed E-state index contributed by atoms with van der Waals surface area (Å²) in [4.78, 5) is 16.1. The minimum atomic E-state index is -4.37. The molecule has 25 heavy (non-hydrogen) atoms. The predicted octanol–water partition coefficient (Wildman–Crippen LogP) is 4.91. The average Bonchev–Trinajstić information content (AvgIpc) is 2.51. The van der Waals surface area contributed by atoms with Gasteiger partial charge in [-0.15, -0.1) is 0 Å². The number of halogens is 3. The molecule has 0 spiro atoms. The second-order valence-corrected chi connectivity index (χ2v) is 6.42. The van der Waals surface area contributed by atoms with E-state index in [-0.39, 0.29) is 12.0 Å². The molecule has 0 aliphatic carbocycles. The Kier molecular flexibility index (Phi) is 8.72. The van der Waals surface area contributed by atoms with Crippen molar-refractivity contribution in [3.05, 3.63) is 23.4 Å². The van der Waals surface area contributed by atoms with Crippen LogP contribution in [-0.2, 0) is 17.4 Å². The summed E-state index contributed by atoms with van der Waals surface area (Å²) in [7, 11) is 3.40. The molecule has 0 radical (unpaired) electrons. The van der Waals surface area contributed by atoms with Crippen molar-refractivity contribution in [1.82, 2.24) is 4.98 Å². The molecule has 1 rings (SSSR count). The predicted molar refractivity (Wildman–Crippen MR) is 91.8 cm³/mol. The minimum Gasteiger partial charge on any atom is -0.481 e. The summed E-state index contributed by atoms with van der Waals surface area (Å²) < 4.78 is 39.6. The van der Waals surface area contributed by atoms with Crippen molar-refractivity contribution in [2.75, 3.05) is 19.0 Å². The number of carboxylic acids is 1. The van der Waals surface area contributed by atoms with Gasteiger partial charge in [0.15, 0.2) is 0 Å². The van der Waals surface area contributed by atoms with Crippen molar-refractivity contribution in [3.63, 3.8) is 0 Å². The van der Waals surface area contributed by atoms with Crippen LogP contribution in [0.4, 0.5) is 19.0 Å². The van der Waals surface area contributed by atoms with E-state index in [1.165, 1.54) is 6.20 Å². The number of nitrogens with zero attached hydrogens (tertiary/aromatic N) is 2. The molecule has 7 heteroatoms. The first-order chi connectivity index (χ1) is 11.7. The smallest absolute Gasteiger partial charge is 0.416 e. The molecule has 1 aromatic heterocycles. The van der Waals surface area contributed by atoms with Gasteiger partial charge in [0.1, 0.15) is 5.82 Å². The first-order valence-corrected chi connectivity index (χ1v) is 8.67. The number of hydrogen-bond acceptors (Lipinski definition) is 3. The normalized spacial score (nSPS) is 11.6. The summed E-state index contributed by atoms with van der Waals surface area (Å²) in [6.07, 6.45) is 3.42. The van der Waals surface area contributed by atoms with Gasteiger partial charge in [-0.25, -0.2) is 4.98 Å². The maximum Gasteiger partial charge on any atom is 0.416 e. The highest BCUT2D eigenvalue weighted by atomic mass is 19.4. The van der Waals surface area contributed by atoms with Crippen LogP contribution in [0.3, 0.4) is 0 Å². The summed E-state index contributed by atoms with van der Waals surface area (Å²) in [5.74, 6) is -0.392. The maximum absolute atomic E-state index is 13.2. The standard InChI is InChI=1S/C18H27F3N2O2/c1-23(2)17-14(15(12-13-22-17)18(19,20)21)10-8-6-4-3-5-7-9-11-16(24)25/h12-13H,3-11H2,1-2H3,(H,24,25). The molecular formula is C18H27F3N2O2. The summed E-state index contributed by atoms with van der Waals surface area (Å²) in [6, 6.07) is 1.05. The fraction of sp³-hybridized carbons (Fsp3) is 0.667. The number of carbonyl (C=O) groups is 1. The van der Waals surface area contributed by atoms with Gasteiger partial charge in [-0.2, -0.15) is 13.2 Å². The lowest BCUT2D eigenvalue weighted by Gasteiger charge is -2.20. The Bertz CT molecular complexity index is 546. The Hall–Kier alpha value is -1.79. The van der Waals surface area contributed by atoms with E-state index < -0.39 is 17.7 Å². The Labute approximate surface area is 147 Å². The van der Waals surface area contributed by atoms with E-state index in [1.807, 2.05) is 0 Å². The number of alkyl halides is 3. The molecule has 0 aromatic carbocycles. The van der Waals surface area contributed by atoms with Crippen LogP contribution in [0.1, 0.15) is 62.5 Å².